The molecule has 2 amide bonds. The number of nitrogens with one attached hydrogen (secondary N) is 2. The minimum Gasteiger partial charge on any atom is -0.355 e. The van der Waals surface area contributed by atoms with E-state index in [1.165, 1.54) is 0 Å². The van der Waals surface area contributed by atoms with Gasteiger partial charge in [0.15, 0.2) is 0 Å². The highest BCUT2D eigenvalue weighted by atomic mass is 16.2. The van der Waals surface area contributed by atoms with E-state index >= 15 is 0 Å². The van der Waals surface area contributed by atoms with Crippen molar-refractivity contribution in [2.24, 2.45) is 0 Å². The zero-order chi connectivity index (χ0) is 15.8. The molecule has 0 aliphatic heterocycles. The first-order valence-corrected chi connectivity index (χ1v) is 7.30. The van der Waals surface area contributed by atoms with E-state index in [2.05, 4.69) is 15.7 Å². The van der Waals surface area contributed by atoms with E-state index in [-0.39, 0.29) is 18.4 Å². The number of benzene rings is 1. The van der Waals surface area contributed by atoms with E-state index in [0.717, 1.165) is 12.0 Å². The average molecular weight is 300 g/mol. The minimum absolute atomic E-state index is 0.00608. The summed E-state index contributed by atoms with van der Waals surface area (Å²) in [5.74, 6) is -0.428. The Hall–Kier alpha value is -2.63. The first kappa shape index (κ1) is 15.8. The predicted octanol–water partition coefficient (Wildman–Crippen LogP) is 1.19. The molecular weight excluding hydrogens is 280 g/mol. The topological polar surface area (TPSA) is 76.0 Å². The number of rotatable bonds is 7. The molecule has 1 aromatic carbocycles. The maximum absolute atomic E-state index is 11.9. The molecule has 22 heavy (non-hydrogen) atoms. The van der Waals surface area contributed by atoms with Crippen molar-refractivity contribution in [3.8, 4) is 0 Å². The Balaban J connectivity index is 1.84. The average Bonchev–Trinajstić information content (AvgIpc) is 3.04. The molecule has 1 heterocycles. The van der Waals surface area contributed by atoms with Crippen LogP contribution in [0.2, 0.25) is 0 Å². The molecule has 0 aliphatic carbocycles. The fourth-order valence-electron chi connectivity index (χ4n) is 1.93. The maximum atomic E-state index is 11.9. The van der Waals surface area contributed by atoms with Crippen LogP contribution in [0.15, 0.2) is 42.7 Å². The monoisotopic (exact) mass is 300 g/mol. The highest BCUT2D eigenvalue weighted by Crippen LogP contribution is 2.06. The van der Waals surface area contributed by atoms with Crippen LogP contribution in [0.25, 0.3) is 0 Å². The minimum atomic E-state index is -0.253. The van der Waals surface area contributed by atoms with Crippen molar-refractivity contribution in [1.29, 1.82) is 0 Å². The van der Waals surface area contributed by atoms with Gasteiger partial charge in [-0.1, -0.05) is 19.1 Å². The quantitative estimate of drug-likeness (QED) is 0.806. The molecular formula is C16H20N4O2. The van der Waals surface area contributed by atoms with Crippen molar-refractivity contribution in [1.82, 2.24) is 20.4 Å². The van der Waals surface area contributed by atoms with Gasteiger partial charge in [-0.2, -0.15) is 5.10 Å². The summed E-state index contributed by atoms with van der Waals surface area (Å²) < 4.78 is 1.81. The van der Waals surface area contributed by atoms with E-state index in [9.17, 15) is 9.59 Å². The molecule has 0 atom stereocenters. The van der Waals surface area contributed by atoms with Crippen LogP contribution >= 0.6 is 0 Å². The fourth-order valence-corrected chi connectivity index (χ4v) is 1.93. The van der Waals surface area contributed by atoms with Gasteiger partial charge in [-0.15, -0.1) is 0 Å². The van der Waals surface area contributed by atoms with E-state index in [1.54, 1.807) is 18.3 Å². The van der Waals surface area contributed by atoms with Crippen molar-refractivity contribution in [3.05, 3.63) is 53.9 Å². The summed E-state index contributed by atoms with van der Waals surface area (Å²) in [7, 11) is 0. The van der Waals surface area contributed by atoms with Gasteiger partial charge in [0.1, 0.15) is 0 Å². The van der Waals surface area contributed by atoms with Crippen LogP contribution in [-0.4, -0.2) is 34.7 Å². The standard InChI is InChI=1S/C16H20N4O2/c1-2-8-17-15(21)11-18-16(22)14-6-4-13(5-7-14)12-20-10-3-9-19-20/h3-7,9-10H,2,8,11-12H2,1H3,(H,17,21)(H,18,22). The second kappa shape index (κ2) is 7.97. The summed E-state index contributed by atoms with van der Waals surface area (Å²) in [6, 6.07) is 9.13. The Morgan fingerprint density at radius 3 is 2.59 bits per heavy atom. The second-order valence-electron chi connectivity index (χ2n) is 4.93. The maximum Gasteiger partial charge on any atom is 0.251 e. The molecule has 2 aromatic rings. The Labute approximate surface area is 129 Å². The van der Waals surface area contributed by atoms with Crippen molar-refractivity contribution in [2.75, 3.05) is 13.1 Å². The van der Waals surface area contributed by atoms with Crippen LogP contribution in [0.5, 0.6) is 0 Å². The Bertz CT molecular complexity index is 606. The Morgan fingerprint density at radius 1 is 1.18 bits per heavy atom. The largest absolute Gasteiger partial charge is 0.355 e. The van der Waals surface area contributed by atoms with Crippen LogP contribution in [0.3, 0.4) is 0 Å². The van der Waals surface area contributed by atoms with E-state index in [0.29, 0.717) is 18.7 Å². The Morgan fingerprint density at radius 2 is 1.95 bits per heavy atom. The van der Waals surface area contributed by atoms with Crippen LogP contribution in [0.4, 0.5) is 0 Å². The van der Waals surface area contributed by atoms with Crippen LogP contribution in [0, 0.1) is 0 Å². The molecule has 0 saturated carbocycles. The lowest BCUT2D eigenvalue weighted by Crippen LogP contribution is -2.37. The van der Waals surface area contributed by atoms with Gasteiger partial charge >= 0.3 is 0 Å². The summed E-state index contributed by atoms with van der Waals surface area (Å²) in [5.41, 5.74) is 1.59. The van der Waals surface area contributed by atoms with Crippen LogP contribution in [-0.2, 0) is 11.3 Å². The van der Waals surface area contributed by atoms with Crippen molar-refractivity contribution in [2.45, 2.75) is 19.9 Å². The molecule has 0 unspecified atom stereocenters. The fraction of sp³-hybridized carbons (Fsp3) is 0.312. The predicted molar refractivity (Wildman–Crippen MR) is 83.4 cm³/mol. The van der Waals surface area contributed by atoms with E-state index < -0.39 is 0 Å². The molecule has 0 bridgehead atoms. The number of carbonyl (C=O) groups excluding carboxylic acids is 2. The van der Waals surface area contributed by atoms with Gasteiger partial charge < -0.3 is 10.6 Å². The molecule has 0 saturated heterocycles. The smallest absolute Gasteiger partial charge is 0.251 e. The van der Waals surface area contributed by atoms with Gasteiger partial charge in [0.05, 0.1) is 13.1 Å². The molecule has 1 aromatic heterocycles. The molecule has 0 fully saturated rings. The lowest BCUT2D eigenvalue weighted by atomic mass is 10.1. The van der Waals surface area contributed by atoms with E-state index in [1.807, 2.05) is 36.0 Å². The molecule has 6 heteroatoms. The lowest BCUT2D eigenvalue weighted by molar-refractivity contribution is -0.120. The van der Waals surface area contributed by atoms with Gasteiger partial charge in [0, 0.05) is 24.5 Å². The Kier molecular flexibility index (Phi) is 5.71. The van der Waals surface area contributed by atoms with Gasteiger partial charge in [0.2, 0.25) is 5.91 Å². The molecule has 0 aliphatic rings. The van der Waals surface area contributed by atoms with Gasteiger partial charge in [-0.25, -0.2) is 0 Å². The molecule has 2 N–H and O–H groups in total. The number of nitrogens with zero attached hydrogens (tertiary/aromatic N) is 2. The first-order valence-electron chi connectivity index (χ1n) is 7.30. The van der Waals surface area contributed by atoms with Gasteiger partial charge in [-0.05, 0) is 30.2 Å². The molecule has 0 radical (unpaired) electrons. The van der Waals surface area contributed by atoms with Crippen LogP contribution in [0.1, 0.15) is 29.3 Å². The highest BCUT2D eigenvalue weighted by molar-refractivity contribution is 5.96. The highest BCUT2D eigenvalue weighted by Gasteiger charge is 2.07. The third kappa shape index (κ3) is 4.73. The summed E-state index contributed by atoms with van der Waals surface area (Å²) in [6.45, 7) is 3.25. The number of amides is 2. The second-order valence-corrected chi connectivity index (χ2v) is 4.93. The van der Waals surface area contributed by atoms with Crippen LogP contribution < -0.4 is 10.6 Å². The van der Waals surface area contributed by atoms with Crippen molar-refractivity contribution < 1.29 is 9.59 Å². The third-order valence-electron chi connectivity index (χ3n) is 3.10. The third-order valence-corrected chi connectivity index (χ3v) is 3.10. The summed E-state index contributed by atoms with van der Waals surface area (Å²) in [6.07, 6.45) is 4.48. The lowest BCUT2D eigenvalue weighted by Gasteiger charge is -2.07. The molecule has 0 spiro atoms. The summed E-state index contributed by atoms with van der Waals surface area (Å²) in [5, 5.41) is 9.45. The van der Waals surface area contributed by atoms with Crippen molar-refractivity contribution >= 4 is 11.8 Å². The van der Waals surface area contributed by atoms with E-state index in [4.69, 9.17) is 0 Å². The van der Waals surface area contributed by atoms with Gasteiger partial charge in [-0.3, -0.25) is 14.3 Å². The van der Waals surface area contributed by atoms with Gasteiger partial charge in [0.25, 0.3) is 5.91 Å². The zero-order valence-electron chi connectivity index (χ0n) is 12.6. The number of aromatic nitrogens is 2. The molecule has 116 valence electrons. The SMILES string of the molecule is CCCNC(=O)CNC(=O)c1ccc(Cn2cccn2)cc1. The number of hydrogen-bond donors (Lipinski definition) is 2. The summed E-state index contributed by atoms with van der Waals surface area (Å²) in [4.78, 5) is 23.4. The number of hydrogen-bond acceptors (Lipinski definition) is 3. The summed E-state index contributed by atoms with van der Waals surface area (Å²) >= 11 is 0. The molecule has 2 rings (SSSR count). The van der Waals surface area contributed by atoms with Crippen molar-refractivity contribution in [3.63, 3.8) is 0 Å². The number of carbonyl (C=O) groups is 2. The normalized spacial score (nSPS) is 10.2. The zero-order valence-corrected chi connectivity index (χ0v) is 12.6. The first-order chi connectivity index (χ1) is 10.7. The molecule has 6 nitrogen and oxygen atoms in total.